The fourth-order valence-electron chi connectivity index (χ4n) is 6.19. The van der Waals surface area contributed by atoms with Crippen molar-refractivity contribution in [2.45, 2.75) is 24.5 Å². The predicted octanol–water partition coefficient (Wildman–Crippen LogP) is 3.96. The van der Waals surface area contributed by atoms with Crippen LogP contribution in [0.3, 0.4) is 0 Å². The summed E-state index contributed by atoms with van der Waals surface area (Å²) in [5.41, 5.74) is 1.87. The predicted molar refractivity (Wildman–Crippen MR) is 142 cm³/mol. The summed E-state index contributed by atoms with van der Waals surface area (Å²) in [6.07, 6.45) is 2.72. The van der Waals surface area contributed by atoms with Gasteiger partial charge < -0.3 is 4.90 Å². The minimum Gasteiger partial charge on any atom is -0.306 e. The molecule has 0 saturated carbocycles. The quantitative estimate of drug-likeness (QED) is 0.522. The van der Waals surface area contributed by atoms with E-state index < -0.39 is 17.4 Å². The number of benzene rings is 3. The molecule has 2 saturated heterocycles. The van der Waals surface area contributed by atoms with Gasteiger partial charge in [0.1, 0.15) is 5.54 Å². The van der Waals surface area contributed by atoms with Gasteiger partial charge in [-0.15, -0.1) is 0 Å². The van der Waals surface area contributed by atoms with Crippen LogP contribution < -0.4 is 15.1 Å². The molecule has 3 amide bonds. The molecular formula is C29H27N3O3S. The van der Waals surface area contributed by atoms with Crippen molar-refractivity contribution in [3.05, 3.63) is 96.1 Å². The van der Waals surface area contributed by atoms with Crippen molar-refractivity contribution in [3.8, 4) is 0 Å². The Hall–Kier alpha value is -3.42. The van der Waals surface area contributed by atoms with Crippen molar-refractivity contribution in [1.82, 2.24) is 5.32 Å². The standard InChI is InChI=1S/C29H27N3O3S/c1-36-17-16-22-24-25(27(34)32(26(24)33)20-12-6-3-7-13-20)29(30-22)21-14-8-9-15-23(21)31(28(29)35)18-19-10-4-2-5-11-19/h2-15,22,24-25,30H,16-18H2,1H3/t22-,24-,25+,29+/m1/s1. The van der Waals surface area contributed by atoms with Crippen LogP contribution in [0, 0.1) is 11.8 Å². The SMILES string of the molecule is CSCC[C@H]1N[C@]2(C(=O)N(Cc3ccccc3)c3ccccc32)[C@@H]2C(=O)N(c3ccccc3)C(=O)[C@@H]21. The van der Waals surface area contributed by atoms with Crippen molar-refractivity contribution in [2.75, 3.05) is 21.8 Å². The number of rotatable bonds is 6. The molecule has 0 radical (unpaired) electrons. The Morgan fingerprint density at radius 1 is 0.861 bits per heavy atom. The highest BCUT2D eigenvalue weighted by Gasteiger charge is 2.71. The number of hydrogen-bond acceptors (Lipinski definition) is 5. The monoisotopic (exact) mass is 497 g/mol. The van der Waals surface area contributed by atoms with E-state index in [4.69, 9.17) is 0 Å². The van der Waals surface area contributed by atoms with Gasteiger partial charge in [0.25, 0.3) is 5.91 Å². The molecule has 36 heavy (non-hydrogen) atoms. The highest BCUT2D eigenvalue weighted by molar-refractivity contribution is 7.98. The maximum Gasteiger partial charge on any atom is 0.253 e. The highest BCUT2D eigenvalue weighted by atomic mass is 32.2. The third-order valence-corrected chi connectivity index (χ3v) is 8.34. The van der Waals surface area contributed by atoms with Crippen molar-refractivity contribution in [2.24, 2.45) is 11.8 Å². The second kappa shape index (κ2) is 8.91. The Labute approximate surface area is 214 Å². The van der Waals surface area contributed by atoms with E-state index in [1.54, 1.807) is 28.8 Å². The largest absolute Gasteiger partial charge is 0.306 e. The molecule has 4 atom stereocenters. The first kappa shape index (κ1) is 23.0. The van der Waals surface area contributed by atoms with Crippen LogP contribution in [0.1, 0.15) is 17.5 Å². The number of imide groups is 1. The summed E-state index contributed by atoms with van der Waals surface area (Å²) in [4.78, 5) is 45.4. The highest BCUT2D eigenvalue weighted by Crippen LogP contribution is 2.55. The zero-order chi connectivity index (χ0) is 24.9. The molecule has 6 rings (SSSR count). The molecule has 0 aliphatic carbocycles. The number of hydrogen-bond donors (Lipinski definition) is 1. The lowest BCUT2D eigenvalue weighted by Gasteiger charge is -2.30. The molecule has 0 unspecified atom stereocenters. The van der Waals surface area contributed by atoms with Crippen molar-refractivity contribution < 1.29 is 14.4 Å². The first-order chi connectivity index (χ1) is 17.6. The molecule has 1 N–H and O–H groups in total. The fraction of sp³-hybridized carbons (Fsp3) is 0.276. The lowest BCUT2D eigenvalue weighted by molar-refractivity contribution is -0.132. The van der Waals surface area contributed by atoms with Crippen LogP contribution in [0.5, 0.6) is 0 Å². The first-order valence-electron chi connectivity index (χ1n) is 12.2. The lowest BCUT2D eigenvalue weighted by Crippen LogP contribution is -2.55. The second-order valence-electron chi connectivity index (χ2n) is 9.59. The third kappa shape index (κ3) is 3.26. The Bertz CT molecular complexity index is 1330. The zero-order valence-corrected chi connectivity index (χ0v) is 20.8. The number of amides is 3. The average Bonchev–Trinajstić information content (AvgIpc) is 3.48. The minimum absolute atomic E-state index is 0.162. The topological polar surface area (TPSA) is 69.7 Å². The van der Waals surface area contributed by atoms with Gasteiger partial charge in [-0.2, -0.15) is 11.8 Å². The van der Waals surface area contributed by atoms with Crippen molar-refractivity contribution in [3.63, 3.8) is 0 Å². The van der Waals surface area contributed by atoms with Gasteiger partial charge >= 0.3 is 0 Å². The van der Waals surface area contributed by atoms with E-state index in [1.165, 1.54) is 4.90 Å². The van der Waals surface area contributed by atoms with Crippen LogP contribution in [-0.4, -0.2) is 35.8 Å². The molecule has 3 heterocycles. The molecular weight excluding hydrogens is 470 g/mol. The average molecular weight is 498 g/mol. The van der Waals surface area contributed by atoms with E-state index >= 15 is 0 Å². The first-order valence-corrected chi connectivity index (χ1v) is 13.6. The molecule has 3 aliphatic rings. The summed E-state index contributed by atoms with van der Waals surface area (Å²) in [6, 6.07) is 26.3. The van der Waals surface area contributed by atoms with Gasteiger partial charge in [0.05, 0.1) is 24.1 Å². The van der Waals surface area contributed by atoms with Crippen molar-refractivity contribution in [1.29, 1.82) is 0 Å². The van der Waals surface area contributed by atoms with E-state index in [0.717, 1.165) is 22.6 Å². The van der Waals surface area contributed by atoms with Gasteiger partial charge in [-0.25, -0.2) is 4.90 Å². The molecule has 6 nitrogen and oxygen atoms in total. The number of nitrogens with zero attached hydrogens (tertiary/aromatic N) is 2. The molecule has 3 aromatic carbocycles. The summed E-state index contributed by atoms with van der Waals surface area (Å²) in [5.74, 6) is -1.26. The smallest absolute Gasteiger partial charge is 0.253 e. The van der Waals surface area contributed by atoms with Gasteiger partial charge in [0.15, 0.2) is 0 Å². The number of anilines is 2. The Morgan fingerprint density at radius 2 is 1.53 bits per heavy atom. The van der Waals surface area contributed by atoms with Gasteiger partial charge in [0, 0.05) is 17.3 Å². The number of nitrogens with one attached hydrogen (secondary N) is 1. The molecule has 182 valence electrons. The number of carbonyl (C=O) groups excluding carboxylic acids is 3. The van der Waals surface area contributed by atoms with Gasteiger partial charge in [0.2, 0.25) is 11.8 Å². The maximum atomic E-state index is 14.4. The van der Waals surface area contributed by atoms with Crippen LogP contribution in [0.2, 0.25) is 0 Å². The number of carbonyl (C=O) groups is 3. The lowest BCUT2D eigenvalue weighted by atomic mass is 9.76. The van der Waals surface area contributed by atoms with Gasteiger partial charge in [-0.05, 0) is 42.2 Å². The van der Waals surface area contributed by atoms with Gasteiger partial charge in [-0.1, -0.05) is 66.7 Å². The summed E-state index contributed by atoms with van der Waals surface area (Å²) < 4.78 is 0. The molecule has 3 aromatic rings. The van der Waals surface area contributed by atoms with Crippen LogP contribution >= 0.6 is 11.8 Å². The van der Waals surface area contributed by atoms with Crippen LogP contribution in [0.15, 0.2) is 84.9 Å². The molecule has 7 heteroatoms. The van der Waals surface area contributed by atoms with Crippen molar-refractivity contribution >= 4 is 40.9 Å². The molecule has 0 aromatic heterocycles. The maximum absolute atomic E-state index is 14.4. The minimum atomic E-state index is -1.27. The number of fused-ring (bicyclic) bond motifs is 4. The Balaban J connectivity index is 1.48. The van der Waals surface area contributed by atoms with Crippen LogP contribution in [0.4, 0.5) is 11.4 Å². The van der Waals surface area contributed by atoms with Crippen LogP contribution in [-0.2, 0) is 26.5 Å². The van der Waals surface area contributed by atoms with E-state index in [0.29, 0.717) is 18.7 Å². The zero-order valence-electron chi connectivity index (χ0n) is 20.0. The summed E-state index contributed by atoms with van der Waals surface area (Å²) in [7, 11) is 0. The van der Waals surface area contributed by atoms with Gasteiger partial charge in [-0.3, -0.25) is 19.7 Å². The number of para-hydroxylation sites is 2. The normalized spacial score (nSPS) is 26.7. The van der Waals surface area contributed by atoms with E-state index in [9.17, 15) is 14.4 Å². The third-order valence-electron chi connectivity index (χ3n) is 7.70. The summed E-state index contributed by atoms with van der Waals surface area (Å²) in [6.45, 7) is 0.400. The van der Waals surface area contributed by atoms with E-state index in [2.05, 4.69) is 5.32 Å². The van der Waals surface area contributed by atoms with E-state index in [1.807, 2.05) is 79.1 Å². The molecule has 0 bridgehead atoms. The summed E-state index contributed by atoms with van der Waals surface area (Å²) in [5, 5.41) is 3.58. The molecule has 1 spiro atoms. The molecule has 2 fully saturated rings. The fourth-order valence-corrected chi connectivity index (χ4v) is 6.68. The van der Waals surface area contributed by atoms with Crippen LogP contribution in [0.25, 0.3) is 0 Å². The number of thioether (sulfide) groups is 1. The second-order valence-corrected chi connectivity index (χ2v) is 10.6. The Morgan fingerprint density at radius 3 is 2.25 bits per heavy atom. The molecule has 3 aliphatic heterocycles. The Kier molecular flexibility index (Phi) is 5.69. The summed E-state index contributed by atoms with van der Waals surface area (Å²) >= 11 is 1.70. The van der Waals surface area contributed by atoms with E-state index in [-0.39, 0.29) is 23.8 Å².